The summed E-state index contributed by atoms with van der Waals surface area (Å²) in [5, 5.41) is 5.94. The lowest BCUT2D eigenvalue weighted by Crippen LogP contribution is -2.10. The van der Waals surface area contributed by atoms with Crippen LogP contribution in [0.3, 0.4) is 0 Å². The number of para-hydroxylation sites is 1. The number of halogens is 2. The van der Waals surface area contributed by atoms with Crippen molar-refractivity contribution in [3.8, 4) is 0 Å². The normalized spacial score (nSPS) is 10.2. The largest absolute Gasteiger partial charge is 0.381 e. The number of benzene rings is 2. The van der Waals surface area contributed by atoms with Crippen LogP contribution in [0.4, 0.5) is 15.8 Å². The number of anilines is 2. The van der Waals surface area contributed by atoms with E-state index in [0.717, 1.165) is 11.3 Å². The standard InChI is InChI=1S/C15H14ClFN2O/c1-10(20)19-15-5-3-2-4-11(15)9-18-12-6-7-13(16)14(17)8-12/h2-8,18H,9H2,1H3,(H,19,20). The molecule has 0 aliphatic carbocycles. The molecule has 0 heterocycles. The van der Waals surface area contributed by atoms with E-state index < -0.39 is 5.82 Å². The monoisotopic (exact) mass is 292 g/mol. The van der Waals surface area contributed by atoms with Crippen molar-refractivity contribution in [1.82, 2.24) is 0 Å². The van der Waals surface area contributed by atoms with E-state index in [9.17, 15) is 9.18 Å². The first-order valence-corrected chi connectivity index (χ1v) is 6.48. The fourth-order valence-corrected chi connectivity index (χ4v) is 1.91. The van der Waals surface area contributed by atoms with Gasteiger partial charge in [-0.05, 0) is 29.8 Å². The average molecular weight is 293 g/mol. The number of carbonyl (C=O) groups is 1. The molecule has 0 unspecified atom stereocenters. The molecule has 2 N–H and O–H groups in total. The number of carbonyl (C=O) groups excluding carboxylic acids is 1. The van der Waals surface area contributed by atoms with Crippen molar-refractivity contribution in [2.75, 3.05) is 10.6 Å². The first-order chi connectivity index (χ1) is 9.56. The highest BCUT2D eigenvalue weighted by atomic mass is 35.5. The third-order valence-corrected chi connectivity index (χ3v) is 3.04. The van der Waals surface area contributed by atoms with Gasteiger partial charge in [-0.15, -0.1) is 0 Å². The van der Waals surface area contributed by atoms with Crippen molar-refractivity contribution in [1.29, 1.82) is 0 Å². The van der Waals surface area contributed by atoms with Gasteiger partial charge in [0.1, 0.15) is 5.82 Å². The summed E-state index contributed by atoms with van der Waals surface area (Å²) in [5.74, 6) is -0.596. The van der Waals surface area contributed by atoms with Gasteiger partial charge in [0.2, 0.25) is 5.91 Å². The van der Waals surface area contributed by atoms with Crippen LogP contribution in [0.5, 0.6) is 0 Å². The molecule has 0 saturated carbocycles. The van der Waals surface area contributed by atoms with Crippen LogP contribution in [-0.4, -0.2) is 5.91 Å². The van der Waals surface area contributed by atoms with E-state index in [1.165, 1.54) is 19.1 Å². The molecule has 0 atom stereocenters. The maximum absolute atomic E-state index is 13.3. The Morgan fingerprint density at radius 3 is 2.70 bits per heavy atom. The fraction of sp³-hybridized carbons (Fsp3) is 0.133. The van der Waals surface area contributed by atoms with Gasteiger partial charge in [0.25, 0.3) is 0 Å². The SMILES string of the molecule is CC(=O)Nc1ccccc1CNc1ccc(Cl)c(F)c1. The molecule has 0 spiro atoms. The minimum atomic E-state index is -0.466. The Bertz CT molecular complexity index is 631. The molecular weight excluding hydrogens is 279 g/mol. The Labute approximate surface area is 121 Å². The number of hydrogen-bond donors (Lipinski definition) is 2. The summed E-state index contributed by atoms with van der Waals surface area (Å²) < 4.78 is 13.3. The first-order valence-electron chi connectivity index (χ1n) is 6.10. The van der Waals surface area contributed by atoms with E-state index in [2.05, 4.69) is 10.6 Å². The zero-order valence-corrected chi connectivity index (χ0v) is 11.7. The molecule has 0 fully saturated rings. The minimum Gasteiger partial charge on any atom is -0.381 e. The molecule has 104 valence electrons. The summed E-state index contributed by atoms with van der Waals surface area (Å²) in [4.78, 5) is 11.1. The molecular formula is C15H14ClFN2O. The van der Waals surface area contributed by atoms with Gasteiger partial charge in [-0.25, -0.2) is 4.39 Å². The van der Waals surface area contributed by atoms with Crippen molar-refractivity contribution in [2.45, 2.75) is 13.5 Å². The van der Waals surface area contributed by atoms with E-state index in [4.69, 9.17) is 11.6 Å². The van der Waals surface area contributed by atoms with E-state index in [1.54, 1.807) is 6.07 Å². The number of hydrogen-bond acceptors (Lipinski definition) is 2. The Balaban J connectivity index is 2.10. The molecule has 20 heavy (non-hydrogen) atoms. The van der Waals surface area contributed by atoms with E-state index in [-0.39, 0.29) is 10.9 Å². The van der Waals surface area contributed by atoms with Gasteiger partial charge in [-0.1, -0.05) is 29.8 Å². The molecule has 5 heteroatoms. The summed E-state index contributed by atoms with van der Waals surface area (Å²) in [5.41, 5.74) is 2.28. The van der Waals surface area contributed by atoms with Crippen LogP contribution in [-0.2, 0) is 11.3 Å². The maximum atomic E-state index is 13.3. The smallest absolute Gasteiger partial charge is 0.221 e. The predicted molar refractivity (Wildman–Crippen MR) is 79.5 cm³/mol. The summed E-state index contributed by atoms with van der Waals surface area (Å²) in [7, 11) is 0. The molecule has 0 radical (unpaired) electrons. The summed E-state index contributed by atoms with van der Waals surface area (Å²) >= 11 is 5.63. The van der Waals surface area contributed by atoms with Gasteiger partial charge in [-0.2, -0.15) is 0 Å². The second-order valence-electron chi connectivity index (χ2n) is 4.32. The van der Waals surface area contributed by atoms with Crippen LogP contribution in [0.25, 0.3) is 0 Å². The van der Waals surface area contributed by atoms with Crippen LogP contribution in [0.2, 0.25) is 5.02 Å². The van der Waals surface area contributed by atoms with Crippen molar-refractivity contribution < 1.29 is 9.18 Å². The molecule has 2 rings (SSSR count). The highest BCUT2D eigenvalue weighted by Gasteiger charge is 2.04. The summed E-state index contributed by atoms with van der Waals surface area (Å²) in [6, 6.07) is 12.0. The lowest BCUT2D eigenvalue weighted by atomic mass is 10.1. The van der Waals surface area contributed by atoms with Gasteiger partial charge < -0.3 is 10.6 Å². The topological polar surface area (TPSA) is 41.1 Å². The Hall–Kier alpha value is -2.07. The van der Waals surface area contributed by atoms with Gasteiger partial charge >= 0.3 is 0 Å². The van der Waals surface area contributed by atoms with Crippen LogP contribution < -0.4 is 10.6 Å². The molecule has 0 saturated heterocycles. The second-order valence-corrected chi connectivity index (χ2v) is 4.73. The van der Waals surface area contributed by atoms with Crippen LogP contribution in [0.1, 0.15) is 12.5 Å². The fourth-order valence-electron chi connectivity index (χ4n) is 1.79. The van der Waals surface area contributed by atoms with Gasteiger partial charge in [0.15, 0.2) is 0 Å². The summed E-state index contributed by atoms with van der Waals surface area (Å²) in [6.45, 7) is 1.93. The van der Waals surface area contributed by atoms with Crippen molar-refractivity contribution in [2.24, 2.45) is 0 Å². The van der Waals surface area contributed by atoms with Gasteiger partial charge in [0, 0.05) is 24.8 Å². The highest BCUT2D eigenvalue weighted by molar-refractivity contribution is 6.30. The van der Waals surface area contributed by atoms with Crippen molar-refractivity contribution >= 4 is 28.9 Å². The van der Waals surface area contributed by atoms with Crippen molar-refractivity contribution in [3.63, 3.8) is 0 Å². The number of rotatable bonds is 4. The molecule has 0 aliphatic rings. The minimum absolute atomic E-state index is 0.0918. The Morgan fingerprint density at radius 1 is 1.25 bits per heavy atom. The first kappa shape index (κ1) is 14.3. The molecule has 0 bridgehead atoms. The maximum Gasteiger partial charge on any atom is 0.221 e. The Morgan fingerprint density at radius 2 is 2.00 bits per heavy atom. The third-order valence-electron chi connectivity index (χ3n) is 2.73. The van der Waals surface area contributed by atoms with Crippen LogP contribution in [0.15, 0.2) is 42.5 Å². The second kappa shape index (κ2) is 6.39. The molecule has 0 aliphatic heterocycles. The zero-order valence-electron chi connectivity index (χ0n) is 10.9. The Kier molecular flexibility index (Phi) is 4.58. The van der Waals surface area contributed by atoms with E-state index >= 15 is 0 Å². The van der Waals surface area contributed by atoms with E-state index in [1.807, 2.05) is 24.3 Å². The quantitative estimate of drug-likeness (QED) is 0.892. The molecule has 1 amide bonds. The summed E-state index contributed by atoms with van der Waals surface area (Å²) in [6.07, 6.45) is 0. The average Bonchev–Trinajstić information content (AvgIpc) is 2.41. The van der Waals surface area contributed by atoms with Crippen molar-refractivity contribution in [3.05, 3.63) is 58.9 Å². The predicted octanol–water partition coefficient (Wildman–Crippen LogP) is 4.05. The number of amides is 1. The molecule has 2 aromatic carbocycles. The third kappa shape index (κ3) is 3.71. The lowest BCUT2D eigenvalue weighted by Gasteiger charge is -2.12. The molecule has 0 aromatic heterocycles. The van der Waals surface area contributed by atoms with E-state index in [0.29, 0.717) is 12.2 Å². The van der Waals surface area contributed by atoms with Crippen LogP contribution in [0, 0.1) is 5.82 Å². The highest BCUT2D eigenvalue weighted by Crippen LogP contribution is 2.21. The lowest BCUT2D eigenvalue weighted by molar-refractivity contribution is -0.114. The van der Waals surface area contributed by atoms with Crippen LogP contribution >= 0.6 is 11.6 Å². The zero-order chi connectivity index (χ0) is 14.5. The number of nitrogens with one attached hydrogen (secondary N) is 2. The molecule has 3 nitrogen and oxygen atoms in total. The van der Waals surface area contributed by atoms with Gasteiger partial charge in [0.05, 0.1) is 5.02 Å². The molecule has 2 aromatic rings. The van der Waals surface area contributed by atoms with Gasteiger partial charge in [-0.3, -0.25) is 4.79 Å².